The van der Waals surface area contributed by atoms with Gasteiger partial charge in [-0.15, -0.1) is 0 Å². The second kappa shape index (κ2) is 2.80. The van der Waals surface area contributed by atoms with E-state index in [1.54, 1.807) is 0 Å². The van der Waals surface area contributed by atoms with Crippen LogP contribution >= 0.6 is 0 Å². The minimum Gasteiger partial charge on any atom is -0.278 e. The van der Waals surface area contributed by atoms with E-state index in [0.717, 1.165) is 32.1 Å². The topological polar surface area (TPSA) is 57.6 Å². The van der Waals surface area contributed by atoms with Crippen molar-refractivity contribution in [3.63, 3.8) is 0 Å². The van der Waals surface area contributed by atoms with Crippen LogP contribution in [0.15, 0.2) is 0 Å². The Balaban J connectivity index is 2.23. The number of rotatable bonds is 0. The largest absolute Gasteiger partial charge is 0.278 e. The summed E-state index contributed by atoms with van der Waals surface area (Å²) in [5.74, 6) is -0.816. The second-order valence-electron chi connectivity index (χ2n) is 4.03. The van der Waals surface area contributed by atoms with Crippen molar-refractivity contribution in [3.8, 4) is 0 Å². The predicted molar refractivity (Wildman–Crippen MR) is 43.8 cm³/mol. The molecule has 4 heteroatoms. The summed E-state index contributed by atoms with van der Waals surface area (Å²) in [5.41, 5.74) is -0.538. The van der Waals surface area contributed by atoms with Crippen LogP contribution in [0.1, 0.15) is 38.5 Å². The summed E-state index contributed by atoms with van der Waals surface area (Å²) < 4.78 is 0. The molecule has 1 saturated carbocycles. The highest BCUT2D eigenvalue weighted by Gasteiger charge is 2.51. The molecule has 1 aliphatic carbocycles. The number of carbonyl (C=O) groups is 2. The summed E-state index contributed by atoms with van der Waals surface area (Å²) in [4.78, 5) is 22.7. The van der Waals surface area contributed by atoms with Crippen molar-refractivity contribution in [2.75, 3.05) is 0 Å². The van der Waals surface area contributed by atoms with Gasteiger partial charge in [-0.1, -0.05) is 19.3 Å². The lowest BCUT2D eigenvalue weighted by molar-refractivity contribution is -0.174. The van der Waals surface area contributed by atoms with Crippen molar-refractivity contribution in [1.29, 1.82) is 0 Å². The average Bonchev–Trinajstić information content (AvgIpc) is 2.33. The first kappa shape index (κ1) is 8.69. The summed E-state index contributed by atoms with van der Waals surface area (Å²) in [6.45, 7) is 0. The summed E-state index contributed by atoms with van der Waals surface area (Å²) in [7, 11) is 0. The molecule has 0 aromatic carbocycles. The van der Waals surface area contributed by atoms with E-state index in [-0.39, 0.29) is 12.3 Å². The van der Waals surface area contributed by atoms with Crippen molar-refractivity contribution in [2.24, 2.45) is 5.41 Å². The van der Waals surface area contributed by atoms with Gasteiger partial charge in [-0.3, -0.25) is 14.8 Å². The number of hydrogen-bond acceptors (Lipinski definition) is 3. The third-order valence-corrected chi connectivity index (χ3v) is 3.18. The van der Waals surface area contributed by atoms with Crippen LogP contribution < -0.4 is 0 Å². The molecular formula is C9H13NO3. The van der Waals surface area contributed by atoms with Gasteiger partial charge in [0.2, 0.25) is 0 Å². The fraction of sp³-hybridized carbons (Fsp3) is 0.778. The zero-order valence-corrected chi connectivity index (χ0v) is 7.45. The first-order valence-electron chi connectivity index (χ1n) is 4.72. The molecule has 4 nitrogen and oxygen atoms in total. The van der Waals surface area contributed by atoms with Gasteiger partial charge in [0.25, 0.3) is 11.8 Å². The van der Waals surface area contributed by atoms with E-state index in [1.807, 2.05) is 0 Å². The van der Waals surface area contributed by atoms with E-state index in [4.69, 9.17) is 5.21 Å². The molecule has 0 aromatic rings. The van der Waals surface area contributed by atoms with E-state index >= 15 is 0 Å². The van der Waals surface area contributed by atoms with Crippen molar-refractivity contribution in [2.45, 2.75) is 38.5 Å². The van der Waals surface area contributed by atoms with Gasteiger partial charge in [0.05, 0.1) is 5.41 Å². The van der Waals surface area contributed by atoms with E-state index < -0.39 is 11.3 Å². The monoisotopic (exact) mass is 183 g/mol. The van der Waals surface area contributed by atoms with Crippen LogP contribution in [0.4, 0.5) is 0 Å². The molecule has 1 aliphatic heterocycles. The molecule has 2 aliphatic rings. The molecule has 13 heavy (non-hydrogen) atoms. The Kier molecular flexibility index (Phi) is 1.87. The highest BCUT2D eigenvalue weighted by atomic mass is 16.5. The summed E-state index contributed by atoms with van der Waals surface area (Å²) in [5, 5.41) is 9.43. The minimum atomic E-state index is -0.538. The van der Waals surface area contributed by atoms with E-state index in [2.05, 4.69) is 0 Å². The molecule has 2 fully saturated rings. The number of hydrogen-bond donors (Lipinski definition) is 1. The molecule has 2 amide bonds. The highest BCUT2D eigenvalue weighted by molar-refractivity contribution is 6.04. The van der Waals surface area contributed by atoms with Crippen LogP contribution in [-0.2, 0) is 9.59 Å². The Morgan fingerprint density at radius 2 is 1.77 bits per heavy atom. The lowest BCUT2D eigenvalue weighted by Gasteiger charge is -2.29. The second-order valence-corrected chi connectivity index (χ2v) is 4.03. The Morgan fingerprint density at radius 1 is 1.15 bits per heavy atom. The highest BCUT2D eigenvalue weighted by Crippen LogP contribution is 2.44. The summed E-state index contributed by atoms with van der Waals surface area (Å²) in [6.07, 6.45) is 4.85. The maximum Gasteiger partial charge on any atom is 0.260 e. The lowest BCUT2D eigenvalue weighted by atomic mass is 9.73. The maximum absolute atomic E-state index is 11.5. The van der Waals surface area contributed by atoms with E-state index in [9.17, 15) is 9.59 Å². The van der Waals surface area contributed by atoms with E-state index in [0.29, 0.717) is 5.06 Å². The molecule has 1 N–H and O–H groups in total. The normalized spacial score (nSPS) is 27.3. The number of nitrogens with zero attached hydrogens (tertiary/aromatic N) is 1. The lowest BCUT2D eigenvalue weighted by Crippen LogP contribution is -2.34. The smallest absolute Gasteiger partial charge is 0.260 e. The van der Waals surface area contributed by atoms with Crippen LogP contribution in [0.25, 0.3) is 0 Å². The molecule has 0 bridgehead atoms. The van der Waals surface area contributed by atoms with Gasteiger partial charge in [0.1, 0.15) is 0 Å². The van der Waals surface area contributed by atoms with Crippen LogP contribution in [0.2, 0.25) is 0 Å². The van der Waals surface area contributed by atoms with Crippen LogP contribution in [0.5, 0.6) is 0 Å². The Labute approximate surface area is 76.5 Å². The van der Waals surface area contributed by atoms with Gasteiger partial charge >= 0.3 is 0 Å². The molecule has 2 rings (SSSR count). The van der Waals surface area contributed by atoms with Gasteiger partial charge in [-0.25, -0.2) is 0 Å². The van der Waals surface area contributed by atoms with Crippen LogP contribution in [0.3, 0.4) is 0 Å². The van der Waals surface area contributed by atoms with Crippen molar-refractivity contribution >= 4 is 11.8 Å². The summed E-state index contributed by atoms with van der Waals surface area (Å²) in [6, 6.07) is 0. The zero-order chi connectivity index (χ0) is 9.47. The molecule has 72 valence electrons. The fourth-order valence-electron chi connectivity index (χ4n) is 2.40. The molecule has 1 heterocycles. The van der Waals surface area contributed by atoms with Crippen molar-refractivity contribution in [1.82, 2.24) is 5.06 Å². The third-order valence-electron chi connectivity index (χ3n) is 3.18. The third kappa shape index (κ3) is 1.16. The zero-order valence-electron chi connectivity index (χ0n) is 7.45. The SMILES string of the molecule is O=C1CC2(CCCCC2)C(=O)N1O. The molecule has 0 unspecified atom stereocenters. The van der Waals surface area contributed by atoms with Gasteiger partial charge in [-0.2, -0.15) is 5.06 Å². The Bertz CT molecular complexity index is 256. The molecule has 0 aromatic heterocycles. The first-order chi connectivity index (χ1) is 6.16. The van der Waals surface area contributed by atoms with Crippen molar-refractivity contribution < 1.29 is 14.8 Å². The standard InChI is InChI=1S/C9H13NO3/c11-7-6-9(8(12)10(7)13)4-2-1-3-5-9/h13H,1-6H2. The first-order valence-corrected chi connectivity index (χ1v) is 4.72. The molecule has 1 saturated heterocycles. The number of hydroxylamine groups is 2. The number of carbonyl (C=O) groups excluding carboxylic acids is 2. The molecular weight excluding hydrogens is 170 g/mol. The number of amides is 2. The minimum absolute atomic E-state index is 0.211. The van der Waals surface area contributed by atoms with Crippen LogP contribution in [-0.4, -0.2) is 22.1 Å². The molecule has 1 spiro atoms. The van der Waals surface area contributed by atoms with Gasteiger partial charge in [0, 0.05) is 6.42 Å². The predicted octanol–water partition coefficient (Wildman–Crippen LogP) is 1.08. The average molecular weight is 183 g/mol. The summed E-state index contributed by atoms with van der Waals surface area (Å²) >= 11 is 0. The quantitative estimate of drug-likeness (QED) is 0.451. The van der Waals surface area contributed by atoms with Crippen molar-refractivity contribution in [3.05, 3.63) is 0 Å². The molecule has 0 atom stereocenters. The molecule has 0 radical (unpaired) electrons. The maximum atomic E-state index is 11.5. The van der Waals surface area contributed by atoms with Gasteiger partial charge in [0.15, 0.2) is 0 Å². The number of imide groups is 1. The van der Waals surface area contributed by atoms with Crippen LogP contribution in [0, 0.1) is 5.41 Å². The Hall–Kier alpha value is -0.900. The fourth-order valence-corrected chi connectivity index (χ4v) is 2.40. The van der Waals surface area contributed by atoms with Gasteiger partial charge < -0.3 is 0 Å². The van der Waals surface area contributed by atoms with Gasteiger partial charge in [-0.05, 0) is 12.8 Å². The van der Waals surface area contributed by atoms with E-state index in [1.165, 1.54) is 0 Å². The Morgan fingerprint density at radius 3 is 2.23 bits per heavy atom.